The van der Waals surface area contributed by atoms with E-state index in [1.165, 1.54) is 12.1 Å². The minimum absolute atomic E-state index is 0.593. The molecule has 22 heavy (non-hydrogen) atoms. The predicted octanol–water partition coefficient (Wildman–Crippen LogP) is 4.61. The third-order valence-corrected chi connectivity index (χ3v) is 5.40. The van der Waals surface area contributed by atoms with Crippen LogP contribution in [0.2, 0.25) is 0 Å². The topological polar surface area (TPSA) is 6.48 Å². The number of thioether (sulfide) groups is 1. The van der Waals surface area contributed by atoms with E-state index in [-0.39, 0.29) is 0 Å². The van der Waals surface area contributed by atoms with E-state index in [0.29, 0.717) is 6.54 Å². The zero-order valence-electron chi connectivity index (χ0n) is 12.1. The Morgan fingerprint density at radius 2 is 1.55 bits per heavy atom. The predicted molar refractivity (Wildman–Crippen MR) is 87.6 cm³/mol. The van der Waals surface area contributed by atoms with Crippen LogP contribution in [-0.2, 0) is 6.54 Å². The van der Waals surface area contributed by atoms with Crippen molar-refractivity contribution in [3.63, 3.8) is 0 Å². The van der Waals surface area contributed by atoms with Gasteiger partial charge in [-0.1, -0.05) is 18.7 Å². The Labute approximate surface area is 133 Å². The summed E-state index contributed by atoms with van der Waals surface area (Å²) in [5, 5.41) is 1.81. The first-order chi connectivity index (χ1) is 10.2. The van der Waals surface area contributed by atoms with Gasteiger partial charge in [-0.2, -0.15) is 0 Å². The highest BCUT2D eigenvalue weighted by Gasteiger charge is 2.39. The summed E-state index contributed by atoms with van der Waals surface area (Å²) in [5.74, 6) is 0.916. The molecule has 2 nitrogen and oxygen atoms in total. The maximum absolute atomic E-state index is 12.6. The van der Waals surface area contributed by atoms with Gasteiger partial charge in [0.2, 0.25) is 0 Å². The van der Waals surface area contributed by atoms with Crippen LogP contribution in [0, 0.1) is 0 Å². The molecule has 0 amide bonds. The highest BCUT2D eigenvalue weighted by Crippen LogP contribution is 2.81. The quantitative estimate of drug-likeness (QED) is 0.588. The monoisotopic (exact) mass is 356 g/mol. The molecule has 0 unspecified atom stereocenters. The smallest absolute Gasteiger partial charge is 0.179 e. The fourth-order valence-electron chi connectivity index (χ4n) is 2.32. The molecule has 1 saturated heterocycles. The minimum atomic E-state index is -7.63. The van der Waals surface area contributed by atoms with Crippen LogP contribution >= 0.6 is 22.5 Å². The number of benzene rings is 1. The summed E-state index contributed by atoms with van der Waals surface area (Å²) >= 11 is 1.66. The highest BCUT2D eigenvalue weighted by molar-refractivity contribution is 8.33. The zero-order chi connectivity index (χ0) is 16.2. The molecular weight excluding hydrogens is 336 g/mol. The van der Waals surface area contributed by atoms with Crippen LogP contribution < -0.4 is 0 Å². The molecule has 0 N–H and O–H groups in total. The highest BCUT2D eigenvalue weighted by atomic mass is 32.4. The van der Waals surface area contributed by atoms with Gasteiger partial charge in [-0.05, 0) is 23.1 Å². The van der Waals surface area contributed by atoms with Crippen molar-refractivity contribution in [2.45, 2.75) is 11.4 Å². The zero-order valence-corrected chi connectivity index (χ0v) is 13.8. The second-order valence-electron chi connectivity index (χ2n) is 5.24. The molecule has 0 spiro atoms. The lowest BCUT2D eigenvalue weighted by molar-refractivity contribution is 0.143. The van der Waals surface area contributed by atoms with E-state index in [9.17, 15) is 15.5 Å². The maximum atomic E-state index is 12.6. The van der Waals surface area contributed by atoms with E-state index < -0.39 is 15.6 Å². The van der Waals surface area contributed by atoms with Crippen LogP contribution in [0.15, 0.2) is 41.1 Å². The van der Waals surface area contributed by atoms with E-state index in [0.717, 1.165) is 49.8 Å². The molecule has 126 valence electrons. The Morgan fingerprint density at radius 1 is 1.00 bits per heavy atom. The van der Waals surface area contributed by atoms with Gasteiger partial charge in [-0.15, -0.1) is 27.3 Å². The van der Waals surface area contributed by atoms with Gasteiger partial charge in [-0.3, -0.25) is 9.80 Å². The SMILES string of the molecule is C=CSCN1CCN(Cc2ccc([SH](F)(F)(F)F)cc2)CC1. The molecule has 1 aliphatic heterocycles. The summed E-state index contributed by atoms with van der Waals surface area (Å²) in [6.45, 7) is 7.86. The third-order valence-electron chi connectivity index (χ3n) is 3.57. The first-order valence-corrected chi connectivity index (χ1v) is 9.75. The lowest BCUT2D eigenvalue weighted by Crippen LogP contribution is -2.45. The number of hydrogen-bond acceptors (Lipinski definition) is 3. The van der Waals surface area contributed by atoms with Gasteiger partial charge in [0.25, 0.3) is 0 Å². The Kier molecular flexibility index (Phi) is 5.47. The Bertz CT molecular complexity index is 499. The first kappa shape index (κ1) is 17.7. The molecule has 0 saturated carbocycles. The third kappa shape index (κ3) is 5.19. The van der Waals surface area contributed by atoms with Crippen molar-refractivity contribution in [2.24, 2.45) is 0 Å². The molecule has 2 rings (SSSR count). The van der Waals surface area contributed by atoms with Crippen molar-refractivity contribution in [3.8, 4) is 0 Å². The number of rotatable bonds is 6. The van der Waals surface area contributed by atoms with Crippen molar-refractivity contribution in [2.75, 3.05) is 32.1 Å². The van der Waals surface area contributed by atoms with E-state index >= 15 is 0 Å². The van der Waals surface area contributed by atoms with Crippen molar-refractivity contribution < 1.29 is 15.5 Å². The van der Waals surface area contributed by atoms with Crippen LogP contribution in [0.4, 0.5) is 15.5 Å². The van der Waals surface area contributed by atoms with Crippen LogP contribution in [0.3, 0.4) is 0 Å². The van der Waals surface area contributed by atoms with Gasteiger partial charge in [0, 0.05) is 38.6 Å². The second kappa shape index (κ2) is 6.82. The van der Waals surface area contributed by atoms with Crippen LogP contribution in [0.25, 0.3) is 0 Å². The number of halogens is 4. The van der Waals surface area contributed by atoms with E-state index in [2.05, 4.69) is 16.4 Å². The molecule has 1 heterocycles. The molecule has 8 heteroatoms. The molecule has 0 aromatic heterocycles. The van der Waals surface area contributed by atoms with E-state index in [1.807, 2.05) is 5.41 Å². The van der Waals surface area contributed by atoms with Gasteiger partial charge in [0.15, 0.2) is 10.7 Å². The molecule has 1 aromatic rings. The van der Waals surface area contributed by atoms with E-state index in [1.54, 1.807) is 11.8 Å². The van der Waals surface area contributed by atoms with Crippen molar-refractivity contribution in [3.05, 3.63) is 41.8 Å². The first-order valence-electron chi connectivity index (χ1n) is 6.90. The molecule has 0 aliphatic carbocycles. The summed E-state index contributed by atoms with van der Waals surface area (Å²) < 4.78 is 50.6. The largest absolute Gasteiger partial charge is 0.297 e. The van der Waals surface area contributed by atoms with Crippen LogP contribution in [-0.4, -0.2) is 41.9 Å². The van der Waals surface area contributed by atoms with Crippen LogP contribution in [0.5, 0.6) is 0 Å². The fraction of sp³-hybridized carbons (Fsp3) is 0.429. The normalized spacial score (nSPS) is 19.5. The molecule has 1 fully saturated rings. The molecule has 1 aliphatic rings. The Morgan fingerprint density at radius 3 is 2.05 bits per heavy atom. The minimum Gasteiger partial charge on any atom is -0.297 e. The summed E-state index contributed by atoms with van der Waals surface area (Å²) in [4.78, 5) is 3.37. The van der Waals surface area contributed by atoms with Gasteiger partial charge in [-0.25, -0.2) is 0 Å². The standard InChI is InChI=1S/C14H20F4N2S2/c1-2-21-12-20-9-7-19(8-10-20)11-13-3-5-14(6-4-13)22(15,16,17)18/h2-6,22H,1,7-12H2. The number of nitrogens with zero attached hydrogens (tertiary/aromatic N) is 2. The van der Waals surface area contributed by atoms with Gasteiger partial charge in [0.1, 0.15) is 0 Å². The summed E-state index contributed by atoms with van der Waals surface area (Å²) in [7, 11) is -7.63. The number of hydrogen-bond donors (Lipinski definition) is 1. The summed E-state index contributed by atoms with van der Waals surface area (Å²) in [6, 6.07) is 4.44. The molecule has 0 atom stereocenters. The lowest BCUT2D eigenvalue weighted by atomic mass is 10.2. The van der Waals surface area contributed by atoms with Crippen molar-refractivity contribution in [1.82, 2.24) is 9.80 Å². The fourth-order valence-corrected chi connectivity index (χ4v) is 3.49. The van der Waals surface area contributed by atoms with Crippen LogP contribution in [0.1, 0.15) is 5.56 Å². The Hall–Kier alpha value is -0.700. The average molecular weight is 356 g/mol. The molecule has 0 bridgehead atoms. The van der Waals surface area contributed by atoms with E-state index in [4.69, 9.17) is 0 Å². The van der Waals surface area contributed by atoms with Crippen molar-refractivity contribution in [1.29, 1.82) is 0 Å². The number of thiol groups is 1. The second-order valence-corrected chi connectivity index (χ2v) is 8.13. The Balaban J connectivity index is 1.86. The molecular formula is C14H20F4N2S2. The molecule has 0 radical (unpaired) electrons. The summed E-state index contributed by atoms with van der Waals surface area (Å²) in [6.07, 6.45) is 0. The summed E-state index contributed by atoms with van der Waals surface area (Å²) in [5.41, 5.74) is 0.776. The van der Waals surface area contributed by atoms with Gasteiger partial charge >= 0.3 is 0 Å². The maximum Gasteiger partial charge on any atom is 0.179 e. The van der Waals surface area contributed by atoms with Gasteiger partial charge < -0.3 is 0 Å². The number of piperazine rings is 1. The molecule has 1 aromatic carbocycles. The van der Waals surface area contributed by atoms with Gasteiger partial charge in [0.05, 0.1) is 4.90 Å². The lowest BCUT2D eigenvalue weighted by Gasteiger charge is -2.34. The van der Waals surface area contributed by atoms with Crippen molar-refractivity contribution >= 4 is 22.5 Å². The average Bonchev–Trinajstić information content (AvgIpc) is 2.45.